The van der Waals surface area contributed by atoms with Gasteiger partial charge in [-0.2, -0.15) is 0 Å². The van der Waals surface area contributed by atoms with Crippen LogP contribution in [0.5, 0.6) is 0 Å². The van der Waals surface area contributed by atoms with Gasteiger partial charge in [-0.1, -0.05) is 0 Å². The Kier molecular flexibility index (Phi) is 2.85. The van der Waals surface area contributed by atoms with Crippen molar-refractivity contribution in [2.75, 3.05) is 25.0 Å². The standard InChI is InChI=1S/C11H14BrN5O/c1-16-9-2-3-17(5-8(9)15-11(16)18)10-7(12)4-13-6-14-10/h4,6,8-9H,2-3,5H2,1H3,(H,15,18)/t8-,9+/m1/s1. The highest BCUT2D eigenvalue weighted by Gasteiger charge is 2.41. The molecule has 2 amide bonds. The summed E-state index contributed by atoms with van der Waals surface area (Å²) in [6, 6.07) is 0.501. The van der Waals surface area contributed by atoms with Crippen LogP contribution in [0.4, 0.5) is 10.6 Å². The summed E-state index contributed by atoms with van der Waals surface area (Å²) in [6.45, 7) is 1.69. The fraction of sp³-hybridized carbons (Fsp3) is 0.545. The second-order valence-corrected chi connectivity index (χ2v) is 5.52. The molecule has 2 fully saturated rings. The summed E-state index contributed by atoms with van der Waals surface area (Å²) in [4.78, 5) is 23.9. The Balaban J connectivity index is 1.79. The van der Waals surface area contributed by atoms with Crippen molar-refractivity contribution in [3.8, 4) is 0 Å². The lowest BCUT2D eigenvalue weighted by Gasteiger charge is -2.36. The molecule has 0 bridgehead atoms. The highest BCUT2D eigenvalue weighted by molar-refractivity contribution is 9.10. The van der Waals surface area contributed by atoms with Crippen molar-refractivity contribution in [3.63, 3.8) is 0 Å². The summed E-state index contributed by atoms with van der Waals surface area (Å²) in [7, 11) is 1.86. The van der Waals surface area contributed by atoms with E-state index in [0.717, 1.165) is 29.8 Å². The number of carbonyl (C=O) groups is 1. The summed E-state index contributed by atoms with van der Waals surface area (Å²) in [6.07, 6.45) is 4.25. The molecule has 96 valence electrons. The maximum Gasteiger partial charge on any atom is 0.317 e. The Bertz CT molecular complexity index is 482. The number of amides is 2. The third kappa shape index (κ3) is 1.82. The number of hydrogen-bond acceptors (Lipinski definition) is 4. The molecule has 0 radical (unpaired) electrons. The summed E-state index contributed by atoms with van der Waals surface area (Å²) in [5.41, 5.74) is 0. The van der Waals surface area contributed by atoms with Gasteiger partial charge < -0.3 is 15.1 Å². The zero-order valence-electron chi connectivity index (χ0n) is 10.0. The fourth-order valence-corrected chi connectivity index (χ4v) is 3.16. The van der Waals surface area contributed by atoms with Gasteiger partial charge in [0.1, 0.15) is 12.1 Å². The molecule has 1 N–H and O–H groups in total. The van der Waals surface area contributed by atoms with Crippen LogP contribution in [0.2, 0.25) is 0 Å². The second kappa shape index (κ2) is 4.38. The van der Waals surface area contributed by atoms with Crippen molar-refractivity contribution in [2.24, 2.45) is 0 Å². The summed E-state index contributed by atoms with van der Waals surface area (Å²) in [5, 5.41) is 3.01. The maximum atomic E-state index is 11.6. The number of anilines is 1. The molecule has 0 spiro atoms. The monoisotopic (exact) mass is 311 g/mol. The minimum absolute atomic E-state index is 0.0219. The first-order chi connectivity index (χ1) is 8.66. The molecule has 2 saturated heterocycles. The van der Waals surface area contributed by atoms with Gasteiger partial charge in [-0.25, -0.2) is 14.8 Å². The lowest BCUT2D eigenvalue weighted by molar-refractivity contribution is 0.212. The minimum Gasteiger partial charge on any atom is -0.353 e. The van der Waals surface area contributed by atoms with Crippen molar-refractivity contribution < 1.29 is 4.79 Å². The quantitative estimate of drug-likeness (QED) is 0.835. The average Bonchev–Trinajstić information content (AvgIpc) is 2.65. The SMILES string of the molecule is CN1C(=O)N[C@@H]2CN(c3ncncc3Br)CC[C@@H]21. The van der Waals surface area contributed by atoms with Crippen LogP contribution in [0.1, 0.15) is 6.42 Å². The molecule has 1 aromatic rings. The van der Waals surface area contributed by atoms with Crippen LogP contribution in [0.25, 0.3) is 0 Å². The molecule has 2 aliphatic heterocycles. The van der Waals surface area contributed by atoms with Crippen LogP contribution in [0, 0.1) is 0 Å². The van der Waals surface area contributed by atoms with Gasteiger partial charge in [0.25, 0.3) is 0 Å². The van der Waals surface area contributed by atoms with Gasteiger partial charge in [0.15, 0.2) is 0 Å². The van der Waals surface area contributed by atoms with Gasteiger partial charge in [-0.3, -0.25) is 0 Å². The van der Waals surface area contributed by atoms with Crippen molar-refractivity contribution in [1.29, 1.82) is 0 Å². The molecule has 0 aromatic carbocycles. The Labute approximate surface area is 114 Å². The molecule has 6 nitrogen and oxygen atoms in total. The second-order valence-electron chi connectivity index (χ2n) is 4.66. The van der Waals surface area contributed by atoms with E-state index in [1.807, 2.05) is 7.05 Å². The predicted molar refractivity (Wildman–Crippen MR) is 70.4 cm³/mol. The molecule has 2 aliphatic rings. The number of nitrogens with one attached hydrogen (secondary N) is 1. The van der Waals surface area contributed by atoms with Crippen LogP contribution in [-0.2, 0) is 0 Å². The van der Waals surface area contributed by atoms with Gasteiger partial charge in [-0.05, 0) is 22.4 Å². The van der Waals surface area contributed by atoms with Crippen LogP contribution >= 0.6 is 15.9 Å². The normalized spacial score (nSPS) is 27.1. The van der Waals surface area contributed by atoms with E-state index in [4.69, 9.17) is 0 Å². The number of halogens is 1. The van der Waals surface area contributed by atoms with Crippen LogP contribution in [0.3, 0.4) is 0 Å². The Morgan fingerprint density at radius 3 is 3.17 bits per heavy atom. The van der Waals surface area contributed by atoms with E-state index in [2.05, 4.69) is 36.1 Å². The Morgan fingerprint density at radius 1 is 1.56 bits per heavy atom. The third-order valence-corrected chi connectivity index (χ3v) is 4.21. The number of urea groups is 1. The number of carbonyl (C=O) groups excluding carboxylic acids is 1. The molecule has 7 heteroatoms. The first-order valence-electron chi connectivity index (χ1n) is 5.90. The average molecular weight is 312 g/mol. The summed E-state index contributed by atoms with van der Waals surface area (Å²) in [5.74, 6) is 0.896. The smallest absolute Gasteiger partial charge is 0.317 e. The number of hydrogen-bond donors (Lipinski definition) is 1. The number of aromatic nitrogens is 2. The number of rotatable bonds is 1. The summed E-state index contributed by atoms with van der Waals surface area (Å²) >= 11 is 3.46. The molecule has 1 aromatic heterocycles. The predicted octanol–water partition coefficient (Wildman–Crippen LogP) is 0.841. The number of nitrogens with zero attached hydrogens (tertiary/aromatic N) is 4. The first-order valence-corrected chi connectivity index (χ1v) is 6.70. The number of fused-ring (bicyclic) bond motifs is 1. The maximum absolute atomic E-state index is 11.6. The fourth-order valence-electron chi connectivity index (χ4n) is 2.69. The Morgan fingerprint density at radius 2 is 2.39 bits per heavy atom. The third-order valence-electron chi connectivity index (χ3n) is 3.65. The van der Waals surface area contributed by atoms with Gasteiger partial charge >= 0.3 is 6.03 Å². The van der Waals surface area contributed by atoms with Gasteiger partial charge in [0.2, 0.25) is 0 Å². The van der Waals surface area contributed by atoms with E-state index in [0.29, 0.717) is 6.04 Å². The van der Waals surface area contributed by atoms with E-state index >= 15 is 0 Å². The van der Waals surface area contributed by atoms with E-state index in [1.165, 1.54) is 0 Å². The van der Waals surface area contributed by atoms with Gasteiger partial charge in [0.05, 0.1) is 16.6 Å². The molecule has 18 heavy (non-hydrogen) atoms. The number of likely N-dealkylation sites (N-methyl/N-ethyl adjacent to an activating group) is 1. The van der Waals surface area contributed by atoms with E-state index in [-0.39, 0.29) is 12.1 Å². The van der Waals surface area contributed by atoms with Crippen LogP contribution in [-0.4, -0.2) is 53.1 Å². The van der Waals surface area contributed by atoms with E-state index in [1.54, 1.807) is 17.4 Å². The van der Waals surface area contributed by atoms with E-state index in [9.17, 15) is 4.79 Å². The van der Waals surface area contributed by atoms with Crippen LogP contribution < -0.4 is 10.2 Å². The molecule has 0 aliphatic carbocycles. The van der Waals surface area contributed by atoms with Gasteiger partial charge in [0, 0.05) is 26.3 Å². The Hall–Kier alpha value is -1.37. The highest BCUT2D eigenvalue weighted by atomic mass is 79.9. The van der Waals surface area contributed by atoms with E-state index < -0.39 is 0 Å². The van der Waals surface area contributed by atoms with Crippen molar-refractivity contribution in [3.05, 3.63) is 17.0 Å². The topological polar surface area (TPSA) is 61.4 Å². The molecule has 0 unspecified atom stereocenters. The first kappa shape index (κ1) is 11.7. The zero-order chi connectivity index (χ0) is 12.7. The lowest BCUT2D eigenvalue weighted by atomic mass is 10.0. The van der Waals surface area contributed by atoms with Crippen LogP contribution in [0.15, 0.2) is 17.0 Å². The van der Waals surface area contributed by atoms with Gasteiger partial charge in [-0.15, -0.1) is 0 Å². The largest absolute Gasteiger partial charge is 0.353 e. The van der Waals surface area contributed by atoms with Crippen molar-refractivity contribution >= 4 is 27.8 Å². The number of piperidine rings is 1. The molecule has 2 atom stereocenters. The zero-order valence-corrected chi connectivity index (χ0v) is 11.6. The molecular formula is C11H14BrN5O. The molecule has 3 heterocycles. The molecule has 3 rings (SSSR count). The van der Waals surface area contributed by atoms with Crippen molar-refractivity contribution in [2.45, 2.75) is 18.5 Å². The molecular weight excluding hydrogens is 298 g/mol. The van der Waals surface area contributed by atoms with Crippen molar-refractivity contribution in [1.82, 2.24) is 20.2 Å². The minimum atomic E-state index is 0.0219. The highest BCUT2D eigenvalue weighted by Crippen LogP contribution is 2.28. The summed E-state index contributed by atoms with van der Waals surface area (Å²) < 4.78 is 0.890. The lowest BCUT2D eigenvalue weighted by Crippen LogP contribution is -2.51. The molecule has 0 saturated carbocycles.